The average Bonchev–Trinajstić information content (AvgIpc) is 2.74. The highest BCUT2D eigenvalue weighted by Crippen LogP contribution is 2.24. The predicted molar refractivity (Wildman–Crippen MR) is 110 cm³/mol. The molecule has 3 aromatic rings. The summed E-state index contributed by atoms with van der Waals surface area (Å²) in [4.78, 5) is 24.7. The Morgan fingerprint density at radius 2 is 1.39 bits per heavy atom. The van der Waals surface area contributed by atoms with Crippen molar-refractivity contribution in [3.8, 4) is 5.75 Å². The van der Waals surface area contributed by atoms with Crippen LogP contribution >= 0.6 is 0 Å². The van der Waals surface area contributed by atoms with Gasteiger partial charge in [-0.15, -0.1) is 0 Å². The lowest BCUT2D eigenvalue weighted by molar-refractivity contribution is 0.0939. The van der Waals surface area contributed by atoms with Gasteiger partial charge < -0.3 is 15.4 Å². The first-order chi connectivity index (χ1) is 13.6. The number of rotatable bonds is 6. The maximum atomic E-state index is 12.5. The number of benzene rings is 3. The van der Waals surface area contributed by atoms with E-state index in [0.29, 0.717) is 16.8 Å². The molecule has 3 rings (SSSR count). The number of carbonyl (C=O) groups excluding carboxylic acids is 2. The summed E-state index contributed by atoms with van der Waals surface area (Å²) in [6.45, 7) is 1.91. The van der Waals surface area contributed by atoms with Crippen LogP contribution in [-0.2, 0) is 0 Å². The van der Waals surface area contributed by atoms with E-state index >= 15 is 0 Å². The molecular weight excluding hydrogens is 352 g/mol. The van der Waals surface area contributed by atoms with Crippen molar-refractivity contribution < 1.29 is 14.3 Å². The summed E-state index contributed by atoms with van der Waals surface area (Å²) in [7, 11) is 1.61. The molecule has 0 radical (unpaired) electrons. The number of anilines is 1. The van der Waals surface area contributed by atoms with E-state index in [-0.39, 0.29) is 17.9 Å². The Bertz CT molecular complexity index is 953. The lowest BCUT2D eigenvalue weighted by Gasteiger charge is -2.17. The van der Waals surface area contributed by atoms with Crippen molar-refractivity contribution in [2.24, 2.45) is 0 Å². The molecule has 1 unspecified atom stereocenters. The van der Waals surface area contributed by atoms with Crippen molar-refractivity contribution in [3.63, 3.8) is 0 Å². The normalized spacial score (nSPS) is 11.4. The molecule has 0 aliphatic carbocycles. The van der Waals surface area contributed by atoms with E-state index < -0.39 is 0 Å². The lowest BCUT2D eigenvalue weighted by Crippen LogP contribution is -2.26. The van der Waals surface area contributed by atoms with Crippen molar-refractivity contribution in [2.75, 3.05) is 12.4 Å². The zero-order valence-electron chi connectivity index (χ0n) is 15.8. The molecule has 2 amide bonds. The maximum Gasteiger partial charge on any atom is 0.255 e. The SMILES string of the molecule is COc1ccccc1C(C)NC(=O)c1ccc(NC(=O)c2ccccc2)cc1. The number of hydrogen-bond acceptors (Lipinski definition) is 3. The monoisotopic (exact) mass is 374 g/mol. The molecule has 0 fully saturated rings. The molecule has 5 nitrogen and oxygen atoms in total. The number of carbonyl (C=O) groups is 2. The number of methoxy groups -OCH3 is 1. The standard InChI is InChI=1S/C23H22N2O3/c1-16(20-10-6-7-11-21(20)28-2)24-22(26)18-12-14-19(15-13-18)25-23(27)17-8-4-3-5-9-17/h3-16H,1-2H3,(H,24,26)(H,25,27). The van der Waals surface area contributed by atoms with Gasteiger partial charge in [0.25, 0.3) is 11.8 Å². The summed E-state index contributed by atoms with van der Waals surface area (Å²) in [5.41, 5.74) is 2.63. The molecule has 0 spiro atoms. The van der Waals surface area contributed by atoms with Gasteiger partial charge in [-0.3, -0.25) is 9.59 Å². The Labute approximate surface area is 164 Å². The van der Waals surface area contributed by atoms with Crippen molar-refractivity contribution in [2.45, 2.75) is 13.0 Å². The molecule has 0 bridgehead atoms. The van der Waals surface area contributed by atoms with E-state index in [0.717, 1.165) is 11.3 Å². The molecule has 1 atom stereocenters. The smallest absolute Gasteiger partial charge is 0.255 e. The molecule has 0 aromatic heterocycles. The van der Waals surface area contributed by atoms with E-state index in [9.17, 15) is 9.59 Å². The molecule has 5 heteroatoms. The van der Waals surface area contributed by atoms with E-state index in [1.807, 2.05) is 49.4 Å². The van der Waals surface area contributed by atoms with Crippen LogP contribution in [-0.4, -0.2) is 18.9 Å². The zero-order chi connectivity index (χ0) is 19.9. The third-order valence-electron chi connectivity index (χ3n) is 4.39. The second-order valence-electron chi connectivity index (χ2n) is 6.33. The molecular formula is C23H22N2O3. The van der Waals surface area contributed by atoms with Gasteiger partial charge in [-0.05, 0) is 49.4 Å². The number of hydrogen-bond donors (Lipinski definition) is 2. The van der Waals surface area contributed by atoms with Crippen molar-refractivity contribution in [3.05, 3.63) is 95.6 Å². The predicted octanol–water partition coefficient (Wildman–Crippen LogP) is 4.44. The lowest BCUT2D eigenvalue weighted by atomic mass is 10.1. The summed E-state index contributed by atoms with van der Waals surface area (Å²) in [5.74, 6) is 0.344. The average molecular weight is 374 g/mol. The van der Waals surface area contributed by atoms with Crippen LogP contribution in [0.3, 0.4) is 0 Å². The minimum Gasteiger partial charge on any atom is -0.496 e. The first kappa shape index (κ1) is 19.2. The van der Waals surface area contributed by atoms with Gasteiger partial charge in [0.1, 0.15) is 5.75 Å². The van der Waals surface area contributed by atoms with Gasteiger partial charge in [-0.2, -0.15) is 0 Å². The minimum atomic E-state index is -0.207. The summed E-state index contributed by atoms with van der Waals surface area (Å²) in [6.07, 6.45) is 0. The van der Waals surface area contributed by atoms with Gasteiger partial charge in [0.2, 0.25) is 0 Å². The fourth-order valence-electron chi connectivity index (χ4n) is 2.88. The fourth-order valence-corrected chi connectivity index (χ4v) is 2.88. The molecule has 28 heavy (non-hydrogen) atoms. The van der Waals surface area contributed by atoms with Crippen molar-refractivity contribution in [1.82, 2.24) is 5.32 Å². The Balaban J connectivity index is 1.64. The van der Waals surface area contributed by atoms with Crippen LogP contribution < -0.4 is 15.4 Å². The van der Waals surface area contributed by atoms with Crippen molar-refractivity contribution in [1.29, 1.82) is 0 Å². The van der Waals surface area contributed by atoms with Gasteiger partial charge in [0.15, 0.2) is 0 Å². The second-order valence-corrected chi connectivity index (χ2v) is 6.33. The van der Waals surface area contributed by atoms with Crippen molar-refractivity contribution >= 4 is 17.5 Å². The summed E-state index contributed by atoms with van der Waals surface area (Å²) >= 11 is 0. The Hall–Kier alpha value is -3.60. The molecule has 0 heterocycles. The van der Waals surface area contributed by atoms with Gasteiger partial charge in [0, 0.05) is 22.4 Å². The molecule has 142 valence electrons. The van der Waals surface area contributed by atoms with E-state index in [1.165, 1.54) is 0 Å². The molecule has 0 aliphatic heterocycles. The zero-order valence-corrected chi connectivity index (χ0v) is 15.8. The Kier molecular flexibility index (Phi) is 6.07. The summed E-state index contributed by atoms with van der Waals surface area (Å²) < 4.78 is 5.35. The first-order valence-corrected chi connectivity index (χ1v) is 8.98. The van der Waals surface area contributed by atoms with Crippen LogP contribution in [0, 0.1) is 0 Å². The first-order valence-electron chi connectivity index (χ1n) is 8.98. The number of nitrogens with one attached hydrogen (secondary N) is 2. The highest BCUT2D eigenvalue weighted by molar-refractivity contribution is 6.04. The van der Waals surface area contributed by atoms with Gasteiger partial charge >= 0.3 is 0 Å². The number of para-hydroxylation sites is 1. The largest absolute Gasteiger partial charge is 0.496 e. The van der Waals surface area contributed by atoms with Gasteiger partial charge in [0.05, 0.1) is 13.2 Å². The topological polar surface area (TPSA) is 67.4 Å². The molecule has 0 saturated carbocycles. The van der Waals surface area contributed by atoms with Crippen LogP contribution in [0.15, 0.2) is 78.9 Å². The van der Waals surface area contributed by atoms with E-state index in [1.54, 1.807) is 43.5 Å². The Morgan fingerprint density at radius 3 is 2.07 bits per heavy atom. The van der Waals surface area contributed by atoms with E-state index in [4.69, 9.17) is 4.74 Å². The van der Waals surface area contributed by atoms with Crippen LogP contribution in [0.5, 0.6) is 5.75 Å². The van der Waals surface area contributed by atoms with Crippen LogP contribution in [0.2, 0.25) is 0 Å². The molecule has 0 aliphatic rings. The van der Waals surface area contributed by atoms with Gasteiger partial charge in [-0.1, -0.05) is 36.4 Å². The number of amides is 2. The van der Waals surface area contributed by atoms with Crippen LogP contribution in [0.4, 0.5) is 5.69 Å². The quantitative estimate of drug-likeness (QED) is 0.670. The fraction of sp³-hybridized carbons (Fsp3) is 0.130. The highest BCUT2D eigenvalue weighted by Gasteiger charge is 2.15. The number of ether oxygens (including phenoxy) is 1. The summed E-state index contributed by atoms with van der Waals surface area (Å²) in [5, 5.41) is 5.79. The third kappa shape index (κ3) is 4.57. The molecule has 3 aromatic carbocycles. The summed E-state index contributed by atoms with van der Waals surface area (Å²) in [6, 6.07) is 23.1. The van der Waals surface area contributed by atoms with E-state index in [2.05, 4.69) is 10.6 Å². The van der Waals surface area contributed by atoms with Crippen LogP contribution in [0.25, 0.3) is 0 Å². The highest BCUT2D eigenvalue weighted by atomic mass is 16.5. The maximum absolute atomic E-state index is 12.5. The Morgan fingerprint density at radius 1 is 0.786 bits per heavy atom. The van der Waals surface area contributed by atoms with Crippen LogP contribution in [0.1, 0.15) is 39.2 Å². The third-order valence-corrected chi connectivity index (χ3v) is 4.39. The molecule has 0 saturated heterocycles. The molecule has 2 N–H and O–H groups in total. The van der Waals surface area contributed by atoms with Gasteiger partial charge in [-0.25, -0.2) is 0 Å². The minimum absolute atomic E-state index is 0.192. The second kappa shape index (κ2) is 8.86.